The Morgan fingerprint density at radius 2 is 1.60 bits per heavy atom. The first-order valence-corrected chi connectivity index (χ1v) is 11.0. The predicted molar refractivity (Wildman–Crippen MR) is 123 cm³/mol. The molecule has 1 amide bonds. The van der Waals surface area contributed by atoms with Gasteiger partial charge in [0.2, 0.25) is 0 Å². The molecule has 3 aromatic carbocycles. The fourth-order valence-electron chi connectivity index (χ4n) is 3.12. The van der Waals surface area contributed by atoms with Gasteiger partial charge in [0.1, 0.15) is 5.82 Å². The fourth-order valence-corrected chi connectivity index (χ4v) is 3.79. The van der Waals surface area contributed by atoms with Crippen LogP contribution in [0.4, 0.5) is 4.39 Å². The number of benzene rings is 3. The molecule has 2 N–H and O–H groups in total. The van der Waals surface area contributed by atoms with Gasteiger partial charge in [-0.2, -0.15) is 0 Å². The molecule has 0 saturated heterocycles. The van der Waals surface area contributed by atoms with E-state index < -0.39 is 0 Å². The van der Waals surface area contributed by atoms with Crippen LogP contribution in [-0.4, -0.2) is 12.5 Å². The lowest BCUT2D eigenvalue weighted by Crippen LogP contribution is -2.25. The van der Waals surface area contributed by atoms with E-state index >= 15 is 0 Å². The number of hydrogen-bond donors (Lipinski definition) is 2. The molecule has 0 unspecified atom stereocenters. The number of carbonyl (C=O) groups is 1. The Morgan fingerprint density at radius 1 is 0.933 bits per heavy atom. The molecule has 0 heterocycles. The third-order valence-corrected chi connectivity index (χ3v) is 5.55. The molecule has 0 fully saturated rings. The highest BCUT2D eigenvalue weighted by Crippen LogP contribution is 2.28. The second-order valence-corrected chi connectivity index (χ2v) is 8.48. The van der Waals surface area contributed by atoms with Crippen LogP contribution in [0.15, 0.2) is 77.7 Å². The highest BCUT2D eigenvalue weighted by Gasteiger charge is 2.14. The Kier molecular flexibility index (Phi) is 8.05. The minimum absolute atomic E-state index is 0.0466. The molecule has 0 aliphatic carbocycles. The van der Waals surface area contributed by atoms with E-state index in [1.165, 1.54) is 24.1 Å². The summed E-state index contributed by atoms with van der Waals surface area (Å²) in [6.07, 6.45) is 0.953. The minimum Gasteiger partial charge on any atom is -0.352 e. The third kappa shape index (κ3) is 6.18. The van der Waals surface area contributed by atoms with Crippen LogP contribution in [0, 0.1) is 11.7 Å². The van der Waals surface area contributed by atoms with Crippen molar-refractivity contribution in [3.63, 3.8) is 0 Å². The SMILES string of the molecule is CC(C)CCNC(=O)c1ccccc1-c1ccccc1CNSc1ccc(F)cc1. The van der Waals surface area contributed by atoms with Gasteiger partial charge >= 0.3 is 0 Å². The van der Waals surface area contributed by atoms with Gasteiger partial charge in [0.25, 0.3) is 5.91 Å². The first kappa shape index (κ1) is 22.1. The van der Waals surface area contributed by atoms with Crippen LogP contribution < -0.4 is 10.0 Å². The zero-order chi connectivity index (χ0) is 21.3. The number of halogens is 1. The largest absolute Gasteiger partial charge is 0.352 e. The van der Waals surface area contributed by atoms with Crippen molar-refractivity contribution in [1.82, 2.24) is 10.0 Å². The average molecular weight is 423 g/mol. The van der Waals surface area contributed by atoms with Gasteiger partial charge in [-0.05, 0) is 71.3 Å². The summed E-state index contributed by atoms with van der Waals surface area (Å²) >= 11 is 1.46. The van der Waals surface area contributed by atoms with E-state index in [4.69, 9.17) is 0 Å². The molecular formula is C25H27FN2OS. The molecule has 5 heteroatoms. The van der Waals surface area contributed by atoms with Gasteiger partial charge in [-0.15, -0.1) is 0 Å². The summed E-state index contributed by atoms with van der Waals surface area (Å²) in [7, 11) is 0. The summed E-state index contributed by atoms with van der Waals surface area (Å²) in [5.41, 5.74) is 3.72. The van der Waals surface area contributed by atoms with Gasteiger partial charge in [-0.3, -0.25) is 9.52 Å². The number of carbonyl (C=O) groups excluding carboxylic acids is 1. The molecule has 30 heavy (non-hydrogen) atoms. The van der Waals surface area contributed by atoms with Crippen LogP contribution in [0.3, 0.4) is 0 Å². The van der Waals surface area contributed by atoms with Crippen molar-refractivity contribution in [2.24, 2.45) is 5.92 Å². The van der Waals surface area contributed by atoms with Crippen molar-refractivity contribution in [2.45, 2.75) is 31.7 Å². The summed E-state index contributed by atoms with van der Waals surface area (Å²) in [5.74, 6) is 0.258. The first-order chi connectivity index (χ1) is 14.5. The van der Waals surface area contributed by atoms with Crippen LogP contribution >= 0.6 is 11.9 Å². The summed E-state index contributed by atoms with van der Waals surface area (Å²) < 4.78 is 16.4. The Morgan fingerprint density at radius 3 is 2.33 bits per heavy atom. The van der Waals surface area contributed by atoms with E-state index in [9.17, 15) is 9.18 Å². The lowest BCUT2D eigenvalue weighted by molar-refractivity contribution is 0.0952. The monoisotopic (exact) mass is 422 g/mol. The van der Waals surface area contributed by atoms with Crippen molar-refractivity contribution in [2.75, 3.05) is 6.54 Å². The van der Waals surface area contributed by atoms with Crippen molar-refractivity contribution >= 4 is 17.9 Å². The van der Waals surface area contributed by atoms with Gasteiger partial charge in [0, 0.05) is 23.5 Å². The van der Waals surface area contributed by atoms with Gasteiger partial charge < -0.3 is 5.32 Å². The van der Waals surface area contributed by atoms with Gasteiger partial charge in [-0.25, -0.2) is 4.39 Å². The number of hydrogen-bond acceptors (Lipinski definition) is 3. The molecule has 0 spiro atoms. The molecule has 0 aromatic heterocycles. The maximum absolute atomic E-state index is 13.1. The first-order valence-electron chi connectivity index (χ1n) is 10.2. The van der Waals surface area contributed by atoms with Gasteiger partial charge in [0.05, 0.1) is 0 Å². The summed E-state index contributed by atoms with van der Waals surface area (Å²) in [4.78, 5) is 13.7. The molecule has 156 valence electrons. The maximum Gasteiger partial charge on any atom is 0.251 e. The normalized spacial score (nSPS) is 10.9. The number of amides is 1. The Hall–Kier alpha value is -2.63. The van der Waals surface area contributed by atoms with E-state index in [1.54, 1.807) is 12.1 Å². The van der Waals surface area contributed by atoms with Crippen molar-refractivity contribution in [3.8, 4) is 11.1 Å². The lowest BCUT2D eigenvalue weighted by Gasteiger charge is -2.15. The highest BCUT2D eigenvalue weighted by atomic mass is 32.2. The topological polar surface area (TPSA) is 41.1 Å². The number of nitrogens with one attached hydrogen (secondary N) is 2. The molecular weight excluding hydrogens is 395 g/mol. The van der Waals surface area contributed by atoms with E-state index in [0.717, 1.165) is 28.0 Å². The van der Waals surface area contributed by atoms with E-state index in [0.29, 0.717) is 24.6 Å². The summed E-state index contributed by atoms with van der Waals surface area (Å²) in [6.45, 7) is 5.57. The zero-order valence-electron chi connectivity index (χ0n) is 17.3. The van der Waals surface area contributed by atoms with Gasteiger partial charge in [-0.1, -0.05) is 56.3 Å². The Labute approximate surface area is 182 Å². The van der Waals surface area contributed by atoms with Crippen LogP contribution in [0.1, 0.15) is 36.2 Å². The van der Waals surface area contributed by atoms with Crippen LogP contribution in [0.2, 0.25) is 0 Å². The molecule has 0 bridgehead atoms. The molecule has 3 aromatic rings. The zero-order valence-corrected chi connectivity index (χ0v) is 18.1. The van der Waals surface area contributed by atoms with Crippen molar-refractivity contribution in [3.05, 3.63) is 89.7 Å². The van der Waals surface area contributed by atoms with E-state index in [2.05, 4.69) is 30.0 Å². The lowest BCUT2D eigenvalue weighted by atomic mass is 9.95. The van der Waals surface area contributed by atoms with Crippen LogP contribution in [0.25, 0.3) is 11.1 Å². The fraction of sp³-hybridized carbons (Fsp3) is 0.240. The van der Waals surface area contributed by atoms with Crippen LogP contribution in [0.5, 0.6) is 0 Å². The maximum atomic E-state index is 13.1. The second-order valence-electron chi connectivity index (χ2n) is 7.52. The van der Waals surface area contributed by atoms with E-state index in [-0.39, 0.29) is 11.7 Å². The van der Waals surface area contributed by atoms with E-state index in [1.807, 2.05) is 42.5 Å². The Balaban J connectivity index is 1.75. The average Bonchev–Trinajstić information content (AvgIpc) is 2.75. The highest BCUT2D eigenvalue weighted by molar-refractivity contribution is 7.97. The van der Waals surface area contributed by atoms with Crippen molar-refractivity contribution < 1.29 is 9.18 Å². The molecule has 0 aliphatic rings. The quantitative estimate of drug-likeness (QED) is 0.412. The van der Waals surface area contributed by atoms with Gasteiger partial charge in [0.15, 0.2) is 0 Å². The molecule has 3 rings (SSSR count). The predicted octanol–water partition coefficient (Wildman–Crippen LogP) is 6.07. The molecule has 0 saturated carbocycles. The Bertz CT molecular complexity index is 973. The summed E-state index contributed by atoms with van der Waals surface area (Å²) in [5, 5.41) is 3.04. The summed E-state index contributed by atoms with van der Waals surface area (Å²) in [6, 6.07) is 22.2. The number of rotatable bonds is 9. The minimum atomic E-state index is -0.243. The van der Waals surface area contributed by atoms with Crippen molar-refractivity contribution in [1.29, 1.82) is 0 Å². The standard InChI is InChI=1S/C25H27FN2OS/c1-18(2)15-16-27-25(29)24-10-6-5-9-23(24)22-8-4-3-7-19(22)17-28-30-21-13-11-20(26)12-14-21/h3-14,18,28H,15-17H2,1-2H3,(H,27,29). The second kappa shape index (κ2) is 11.0. The van der Waals surface area contributed by atoms with Crippen LogP contribution in [-0.2, 0) is 6.54 Å². The molecule has 3 nitrogen and oxygen atoms in total. The third-order valence-electron chi connectivity index (χ3n) is 4.75. The molecule has 0 aliphatic heterocycles. The molecule has 0 radical (unpaired) electrons. The smallest absolute Gasteiger partial charge is 0.251 e. The molecule has 0 atom stereocenters.